The second-order valence-corrected chi connectivity index (χ2v) is 9.91. The third-order valence-corrected chi connectivity index (χ3v) is 7.96. The summed E-state index contributed by atoms with van der Waals surface area (Å²) < 4.78 is 0. The van der Waals surface area contributed by atoms with E-state index in [0.717, 1.165) is 42.3 Å². The van der Waals surface area contributed by atoms with Gasteiger partial charge in [-0.2, -0.15) is 0 Å². The fraction of sp³-hybridized carbons (Fsp3) is 0.560. The average molecular weight is 374 g/mol. The third kappa shape index (κ3) is 2.62. The molecular formula is C25H31N3. The first-order valence-corrected chi connectivity index (χ1v) is 11.2. The van der Waals surface area contributed by atoms with Crippen molar-refractivity contribution in [1.29, 1.82) is 0 Å². The largest absolute Gasteiger partial charge is 0.367 e. The molecule has 4 bridgehead atoms. The maximum Gasteiger partial charge on any atom is 0.0405 e. The van der Waals surface area contributed by atoms with Crippen LogP contribution in [0.15, 0.2) is 36.5 Å². The Kier molecular flexibility index (Phi) is 3.84. The standard InChI is InChI=1S/C25H31N3/c1-16-3-6-23-22(9-16)24-20-10-19-11-21(15-27(13-19)14-20)25(24)28(23)8-7-18-5-4-17(2)26-12-18/h3-6,9,12,19-21,24-25H,7-8,10-11,13-15H2,1-2H3/t19?,20-,21+,24+,25+/m0/s1. The van der Waals surface area contributed by atoms with E-state index in [-0.39, 0.29) is 0 Å². The number of fused-ring (bicyclic) bond motifs is 1. The summed E-state index contributed by atoms with van der Waals surface area (Å²) in [4.78, 5) is 10.1. The lowest BCUT2D eigenvalue weighted by molar-refractivity contribution is 0.0739. The number of hydrogen-bond acceptors (Lipinski definition) is 3. The van der Waals surface area contributed by atoms with Crippen molar-refractivity contribution in [3.63, 3.8) is 0 Å². The molecule has 3 saturated heterocycles. The van der Waals surface area contributed by atoms with Crippen molar-refractivity contribution in [2.24, 2.45) is 17.8 Å². The number of pyridine rings is 1. The molecule has 0 N–H and O–H groups in total. The lowest BCUT2D eigenvalue weighted by Crippen LogP contribution is -2.48. The van der Waals surface area contributed by atoms with Crippen LogP contribution in [0.25, 0.3) is 0 Å². The van der Waals surface area contributed by atoms with E-state index in [1.165, 1.54) is 49.3 Å². The Hall–Kier alpha value is -1.87. The zero-order chi connectivity index (χ0) is 18.8. The molecule has 3 nitrogen and oxygen atoms in total. The summed E-state index contributed by atoms with van der Waals surface area (Å²) in [6, 6.07) is 12.4. The van der Waals surface area contributed by atoms with E-state index >= 15 is 0 Å². The topological polar surface area (TPSA) is 19.4 Å². The van der Waals surface area contributed by atoms with Gasteiger partial charge in [0.1, 0.15) is 0 Å². The number of aromatic nitrogens is 1. The molecule has 0 spiro atoms. The molecule has 1 saturated carbocycles. The minimum absolute atomic E-state index is 0.704. The molecule has 1 aromatic carbocycles. The fourth-order valence-corrected chi connectivity index (χ4v) is 7.00. The number of anilines is 1. The van der Waals surface area contributed by atoms with Gasteiger partial charge in [0, 0.05) is 55.7 Å². The second-order valence-electron chi connectivity index (χ2n) is 9.91. The van der Waals surface area contributed by atoms with Crippen molar-refractivity contribution < 1.29 is 0 Å². The summed E-state index contributed by atoms with van der Waals surface area (Å²) in [5.74, 6) is 3.37. The van der Waals surface area contributed by atoms with Gasteiger partial charge in [-0.3, -0.25) is 4.98 Å². The highest BCUT2D eigenvalue weighted by Crippen LogP contribution is 2.55. The molecule has 5 aliphatic rings. The van der Waals surface area contributed by atoms with Crippen molar-refractivity contribution in [3.05, 3.63) is 58.9 Å². The molecule has 7 rings (SSSR count). The number of benzene rings is 1. The normalized spacial score (nSPS) is 35.0. The molecule has 4 fully saturated rings. The smallest absolute Gasteiger partial charge is 0.0405 e. The van der Waals surface area contributed by atoms with Gasteiger partial charge < -0.3 is 9.80 Å². The summed E-state index contributed by atoms with van der Waals surface area (Å²) in [5.41, 5.74) is 7.09. The number of nitrogens with zero attached hydrogens (tertiary/aromatic N) is 3. The summed E-state index contributed by atoms with van der Waals surface area (Å²) in [6.45, 7) is 9.47. The molecular weight excluding hydrogens is 342 g/mol. The summed E-state index contributed by atoms with van der Waals surface area (Å²) in [7, 11) is 0. The highest BCUT2D eigenvalue weighted by Gasteiger charge is 2.53. The molecule has 146 valence electrons. The lowest BCUT2D eigenvalue weighted by Gasteiger charge is -2.43. The number of rotatable bonds is 3. The van der Waals surface area contributed by atoms with E-state index < -0.39 is 0 Å². The molecule has 2 unspecified atom stereocenters. The minimum atomic E-state index is 0.704. The van der Waals surface area contributed by atoms with E-state index in [2.05, 4.69) is 65.2 Å². The van der Waals surface area contributed by atoms with Gasteiger partial charge in [0.15, 0.2) is 0 Å². The first kappa shape index (κ1) is 17.0. The fourth-order valence-electron chi connectivity index (χ4n) is 7.00. The molecule has 0 radical (unpaired) electrons. The molecule has 1 aliphatic carbocycles. The maximum absolute atomic E-state index is 4.52. The van der Waals surface area contributed by atoms with Gasteiger partial charge in [-0.15, -0.1) is 0 Å². The van der Waals surface area contributed by atoms with E-state index in [1.807, 2.05) is 0 Å². The Labute approximate surface area is 168 Å². The van der Waals surface area contributed by atoms with Crippen molar-refractivity contribution in [1.82, 2.24) is 9.88 Å². The molecule has 5 heterocycles. The van der Waals surface area contributed by atoms with Gasteiger partial charge in [0.2, 0.25) is 0 Å². The van der Waals surface area contributed by atoms with E-state index in [9.17, 15) is 0 Å². The summed E-state index contributed by atoms with van der Waals surface area (Å²) >= 11 is 0. The van der Waals surface area contributed by atoms with E-state index in [1.54, 1.807) is 5.56 Å². The highest BCUT2D eigenvalue weighted by atomic mass is 15.2. The van der Waals surface area contributed by atoms with Gasteiger partial charge >= 0.3 is 0 Å². The Morgan fingerprint density at radius 2 is 1.86 bits per heavy atom. The number of hydrogen-bond donors (Lipinski definition) is 0. The predicted octanol–water partition coefficient (Wildman–Crippen LogP) is 4.18. The van der Waals surface area contributed by atoms with Crippen molar-refractivity contribution in [2.75, 3.05) is 31.1 Å². The van der Waals surface area contributed by atoms with Crippen LogP contribution in [0.3, 0.4) is 0 Å². The average Bonchev–Trinajstić information content (AvgIpc) is 2.89. The van der Waals surface area contributed by atoms with Crippen molar-refractivity contribution >= 4 is 5.69 Å². The summed E-state index contributed by atoms with van der Waals surface area (Å²) in [6.07, 6.45) is 6.07. The van der Waals surface area contributed by atoms with Crippen LogP contribution >= 0.6 is 0 Å². The van der Waals surface area contributed by atoms with Crippen LogP contribution in [0.2, 0.25) is 0 Å². The predicted molar refractivity (Wildman–Crippen MR) is 114 cm³/mol. The van der Waals surface area contributed by atoms with E-state index in [0.29, 0.717) is 6.04 Å². The highest BCUT2D eigenvalue weighted by molar-refractivity contribution is 5.64. The van der Waals surface area contributed by atoms with Crippen LogP contribution < -0.4 is 4.90 Å². The molecule has 3 heteroatoms. The number of piperidine rings is 2. The molecule has 0 amide bonds. The Morgan fingerprint density at radius 3 is 2.68 bits per heavy atom. The zero-order valence-electron chi connectivity index (χ0n) is 17.1. The Bertz CT molecular complexity index is 875. The molecule has 1 aromatic heterocycles. The first-order chi connectivity index (χ1) is 13.7. The Balaban J connectivity index is 1.37. The van der Waals surface area contributed by atoms with Crippen LogP contribution in [-0.4, -0.2) is 42.1 Å². The van der Waals surface area contributed by atoms with E-state index in [4.69, 9.17) is 0 Å². The van der Waals surface area contributed by atoms with Gasteiger partial charge in [-0.05, 0) is 74.1 Å². The molecule has 28 heavy (non-hydrogen) atoms. The molecule has 6 atom stereocenters. The van der Waals surface area contributed by atoms with Crippen LogP contribution in [0.4, 0.5) is 5.69 Å². The van der Waals surface area contributed by atoms with Gasteiger partial charge in [-0.1, -0.05) is 23.8 Å². The van der Waals surface area contributed by atoms with Crippen LogP contribution in [0.5, 0.6) is 0 Å². The quantitative estimate of drug-likeness (QED) is 0.804. The van der Waals surface area contributed by atoms with Crippen molar-refractivity contribution in [2.45, 2.75) is 45.1 Å². The summed E-state index contributed by atoms with van der Waals surface area (Å²) in [5, 5.41) is 0. The monoisotopic (exact) mass is 373 g/mol. The van der Waals surface area contributed by atoms with Crippen molar-refractivity contribution in [3.8, 4) is 0 Å². The second kappa shape index (κ2) is 6.32. The van der Waals surface area contributed by atoms with Crippen LogP contribution in [-0.2, 0) is 6.42 Å². The Morgan fingerprint density at radius 1 is 1.00 bits per heavy atom. The van der Waals surface area contributed by atoms with Crippen LogP contribution in [0.1, 0.15) is 41.1 Å². The zero-order valence-corrected chi connectivity index (χ0v) is 17.1. The first-order valence-electron chi connectivity index (χ1n) is 11.2. The van der Waals surface area contributed by atoms with Gasteiger partial charge in [0.05, 0.1) is 0 Å². The third-order valence-electron chi connectivity index (χ3n) is 7.96. The molecule has 4 aliphatic heterocycles. The minimum Gasteiger partial charge on any atom is -0.367 e. The maximum atomic E-state index is 4.52. The van der Waals surface area contributed by atoms with Gasteiger partial charge in [-0.25, -0.2) is 0 Å². The lowest BCUT2D eigenvalue weighted by atomic mass is 9.79. The van der Waals surface area contributed by atoms with Gasteiger partial charge in [0.25, 0.3) is 0 Å². The molecule has 2 aromatic rings. The SMILES string of the molecule is Cc1ccc2c(c1)[C@H]1[C@H]3CC4C[C@H](CN(C4)C3)[C@H]1N2CCc1ccc(C)nc1. The van der Waals surface area contributed by atoms with Crippen LogP contribution in [0, 0.1) is 31.6 Å². The number of aryl methyl sites for hydroxylation is 2.